The number of carbonyl (C=O) groups excluding carboxylic acids is 1. The lowest BCUT2D eigenvalue weighted by molar-refractivity contribution is 0.0600. The molecule has 1 aromatic rings. The number of hydrogen-bond acceptors (Lipinski definition) is 3. The smallest absolute Gasteiger partial charge is 0.337 e. The van der Waals surface area contributed by atoms with Gasteiger partial charge in [-0.3, -0.25) is 0 Å². The number of rotatable bonds is 5. The Labute approximate surface area is 114 Å². The molecule has 4 heteroatoms. The molecular weight excluding hydrogens is 250 g/mol. The van der Waals surface area contributed by atoms with Gasteiger partial charge in [0.2, 0.25) is 0 Å². The van der Waals surface area contributed by atoms with Crippen molar-refractivity contribution in [2.45, 2.75) is 25.8 Å². The van der Waals surface area contributed by atoms with Crippen LogP contribution in [-0.2, 0) is 11.3 Å². The van der Waals surface area contributed by atoms with Crippen LogP contribution in [0.3, 0.4) is 0 Å². The minimum atomic E-state index is -0.279. The third-order valence-corrected chi connectivity index (χ3v) is 3.36. The van der Waals surface area contributed by atoms with Crippen molar-refractivity contribution >= 4 is 18.4 Å². The quantitative estimate of drug-likeness (QED) is 0.836. The van der Waals surface area contributed by atoms with Crippen LogP contribution in [-0.4, -0.2) is 19.6 Å². The van der Waals surface area contributed by atoms with E-state index >= 15 is 0 Å². The standard InChI is InChI=1S/C14H19NO2.ClH/c1-17-14(16)13-7-5-12(6-8-13)10-15-9-11-3-2-4-11;/h5-8,11,15H,2-4,9-10H2,1H3;1H. The molecule has 0 atom stereocenters. The van der Waals surface area contributed by atoms with Crippen LogP contribution >= 0.6 is 12.4 Å². The van der Waals surface area contributed by atoms with Crippen LogP contribution in [0, 0.1) is 5.92 Å². The van der Waals surface area contributed by atoms with E-state index in [-0.39, 0.29) is 18.4 Å². The summed E-state index contributed by atoms with van der Waals surface area (Å²) in [5, 5.41) is 3.45. The van der Waals surface area contributed by atoms with Crippen molar-refractivity contribution in [2.24, 2.45) is 5.92 Å². The van der Waals surface area contributed by atoms with Crippen LogP contribution < -0.4 is 5.32 Å². The van der Waals surface area contributed by atoms with E-state index in [4.69, 9.17) is 0 Å². The summed E-state index contributed by atoms with van der Waals surface area (Å²) in [6, 6.07) is 7.57. The molecule has 0 heterocycles. The maximum absolute atomic E-state index is 11.2. The zero-order valence-electron chi connectivity index (χ0n) is 10.6. The molecule has 0 amide bonds. The van der Waals surface area contributed by atoms with Crippen molar-refractivity contribution in [3.8, 4) is 0 Å². The molecule has 2 rings (SSSR count). The van der Waals surface area contributed by atoms with E-state index < -0.39 is 0 Å². The molecular formula is C14H20ClNO2. The molecule has 3 nitrogen and oxygen atoms in total. The van der Waals surface area contributed by atoms with Crippen molar-refractivity contribution in [3.05, 3.63) is 35.4 Å². The van der Waals surface area contributed by atoms with E-state index in [9.17, 15) is 4.79 Å². The summed E-state index contributed by atoms with van der Waals surface area (Å²) in [5.74, 6) is 0.600. The van der Waals surface area contributed by atoms with Crippen molar-refractivity contribution in [1.82, 2.24) is 5.32 Å². The second-order valence-electron chi connectivity index (χ2n) is 4.62. The number of carbonyl (C=O) groups is 1. The van der Waals surface area contributed by atoms with Gasteiger partial charge in [-0.05, 0) is 43.0 Å². The second-order valence-corrected chi connectivity index (χ2v) is 4.62. The van der Waals surface area contributed by atoms with Gasteiger partial charge in [-0.25, -0.2) is 4.79 Å². The van der Waals surface area contributed by atoms with Crippen LogP contribution in [0.2, 0.25) is 0 Å². The summed E-state index contributed by atoms with van der Waals surface area (Å²) >= 11 is 0. The zero-order chi connectivity index (χ0) is 12.1. The first kappa shape index (κ1) is 15.0. The summed E-state index contributed by atoms with van der Waals surface area (Å²) in [7, 11) is 1.40. The molecule has 0 unspecified atom stereocenters. The lowest BCUT2D eigenvalue weighted by atomic mass is 9.85. The number of halogens is 1. The van der Waals surface area contributed by atoms with Crippen LogP contribution in [0.4, 0.5) is 0 Å². The Morgan fingerprint density at radius 1 is 1.33 bits per heavy atom. The Hall–Kier alpha value is -1.06. The Balaban J connectivity index is 0.00000162. The topological polar surface area (TPSA) is 38.3 Å². The molecule has 1 aromatic carbocycles. The number of nitrogens with one attached hydrogen (secondary N) is 1. The van der Waals surface area contributed by atoms with Gasteiger partial charge in [0.1, 0.15) is 0 Å². The molecule has 100 valence electrons. The number of ether oxygens (including phenoxy) is 1. The predicted molar refractivity (Wildman–Crippen MR) is 74.1 cm³/mol. The van der Waals surface area contributed by atoms with Crippen LogP contribution in [0.15, 0.2) is 24.3 Å². The van der Waals surface area contributed by atoms with Gasteiger partial charge < -0.3 is 10.1 Å². The van der Waals surface area contributed by atoms with Gasteiger partial charge in [0.25, 0.3) is 0 Å². The zero-order valence-corrected chi connectivity index (χ0v) is 11.5. The average Bonchev–Trinajstić information content (AvgIpc) is 2.32. The first-order valence-electron chi connectivity index (χ1n) is 6.17. The second kappa shape index (κ2) is 7.39. The lowest BCUT2D eigenvalue weighted by Gasteiger charge is -2.25. The summed E-state index contributed by atoms with van der Waals surface area (Å²) in [6.07, 6.45) is 4.13. The van der Waals surface area contributed by atoms with Gasteiger partial charge in [0.05, 0.1) is 12.7 Å². The number of methoxy groups -OCH3 is 1. The maximum atomic E-state index is 11.2. The van der Waals surface area contributed by atoms with Crippen molar-refractivity contribution in [2.75, 3.05) is 13.7 Å². The fourth-order valence-electron chi connectivity index (χ4n) is 1.99. The number of benzene rings is 1. The van der Waals surface area contributed by atoms with E-state index in [1.165, 1.54) is 31.9 Å². The van der Waals surface area contributed by atoms with Crippen LogP contribution in [0.25, 0.3) is 0 Å². The first-order chi connectivity index (χ1) is 8.29. The molecule has 1 aliphatic rings. The largest absolute Gasteiger partial charge is 0.465 e. The first-order valence-corrected chi connectivity index (χ1v) is 6.17. The maximum Gasteiger partial charge on any atom is 0.337 e. The Morgan fingerprint density at radius 2 is 2.00 bits per heavy atom. The summed E-state index contributed by atoms with van der Waals surface area (Å²) in [4.78, 5) is 11.2. The SMILES string of the molecule is COC(=O)c1ccc(CNCC2CCC2)cc1.Cl. The van der Waals surface area contributed by atoms with E-state index in [1.807, 2.05) is 24.3 Å². The molecule has 0 saturated heterocycles. The lowest BCUT2D eigenvalue weighted by Crippen LogP contribution is -2.26. The van der Waals surface area contributed by atoms with E-state index in [1.54, 1.807) is 0 Å². The monoisotopic (exact) mass is 269 g/mol. The molecule has 1 aliphatic carbocycles. The van der Waals surface area contributed by atoms with Gasteiger partial charge in [0.15, 0.2) is 0 Å². The Kier molecular flexibility index (Phi) is 6.16. The summed E-state index contributed by atoms with van der Waals surface area (Å²) in [6.45, 7) is 1.98. The van der Waals surface area contributed by atoms with Crippen molar-refractivity contribution < 1.29 is 9.53 Å². The summed E-state index contributed by atoms with van der Waals surface area (Å²) in [5.41, 5.74) is 1.81. The minimum Gasteiger partial charge on any atom is -0.465 e. The highest BCUT2D eigenvalue weighted by Crippen LogP contribution is 2.25. The average molecular weight is 270 g/mol. The van der Waals surface area contributed by atoms with Gasteiger partial charge in [-0.1, -0.05) is 18.6 Å². The Morgan fingerprint density at radius 3 is 2.50 bits per heavy atom. The highest BCUT2D eigenvalue weighted by molar-refractivity contribution is 5.89. The molecule has 0 aromatic heterocycles. The van der Waals surface area contributed by atoms with Crippen molar-refractivity contribution in [1.29, 1.82) is 0 Å². The number of esters is 1. The van der Waals surface area contributed by atoms with E-state index in [0.717, 1.165) is 19.0 Å². The molecule has 1 fully saturated rings. The third-order valence-electron chi connectivity index (χ3n) is 3.36. The molecule has 1 N–H and O–H groups in total. The van der Waals surface area contributed by atoms with E-state index in [0.29, 0.717) is 5.56 Å². The van der Waals surface area contributed by atoms with Crippen LogP contribution in [0.5, 0.6) is 0 Å². The fourth-order valence-corrected chi connectivity index (χ4v) is 1.99. The normalized spacial score (nSPS) is 14.5. The van der Waals surface area contributed by atoms with Crippen LogP contribution in [0.1, 0.15) is 35.2 Å². The Bertz CT molecular complexity index is 374. The molecule has 0 aliphatic heterocycles. The predicted octanol–water partition coefficient (Wildman–Crippen LogP) is 2.78. The van der Waals surface area contributed by atoms with E-state index in [2.05, 4.69) is 10.1 Å². The number of hydrogen-bond donors (Lipinski definition) is 1. The fraction of sp³-hybridized carbons (Fsp3) is 0.500. The molecule has 0 bridgehead atoms. The molecule has 18 heavy (non-hydrogen) atoms. The van der Waals surface area contributed by atoms with Gasteiger partial charge in [-0.15, -0.1) is 12.4 Å². The molecule has 0 spiro atoms. The summed E-state index contributed by atoms with van der Waals surface area (Å²) < 4.78 is 4.66. The molecule has 1 saturated carbocycles. The van der Waals surface area contributed by atoms with Crippen molar-refractivity contribution in [3.63, 3.8) is 0 Å². The third kappa shape index (κ3) is 4.00. The van der Waals surface area contributed by atoms with Gasteiger partial charge >= 0.3 is 5.97 Å². The highest BCUT2D eigenvalue weighted by Gasteiger charge is 2.16. The highest BCUT2D eigenvalue weighted by atomic mass is 35.5. The van der Waals surface area contributed by atoms with Gasteiger partial charge in [0, 0.05) is 6.54 Å². The minimum absolute atomic E-state index is 0. The van der Waals surface area contributed by atoms with Gasteiger partial charge in [-0.2, -0.15) is 0 Å². The molecule has 0 radical (unpaired) electrons.